The van der Waals surface area contributed by atoms with Gasteiger partial charge in [0.15, 0.2) is 0 Å². The number of nitrogens with zero attached hydrogens (tertiary/aromatic N) is 3. The van der Waals surface area contributed by atoms with E-state index in [2.05, 4.69) is 24.8 Å². The molecule has 39 heavy (non-hydrogen) atoms. The Morgan fingerprint density at radius 1 is 0.821 bits per heavy atom. The molecule has 2 aliphatic heterocycles. The molecule has 0 spiro atoms. The maximum atomic E-state index is 13.9. The van der Waals surface area contributed by atoms with Crippen LogP contribution in [0.3, 0.4) is 0 Å². The summed E-state index contributed by atoms with van der Waals surface area (Å²) in [5.41, 5.74) is 2.63. The van der Waals surface area contributed by atoms with E-state index in [1.807, 2.05) is 52.3 Å². The molecule has 0 bridgehead atoms. The number of rotatable bonds is 7. The average Bonchev–Trinajstić information content (AvgIpc) is 3.45. The van der Waals surface area contributed by atoms with Crippen LogP contribution < -0.4 is 9.64 Å². The summed E-state index contributed by atoms with van der Waals surface area (Å²) in [6.07, 6.45) is 9.62. The number of anilines is 1. The van der Waals surface area contributed by atoms with Crippen LogP contribution in [0.25, 0.3) is 0 Å². The minimum Gasteiger partial charge on any atom is -0.492 e. The first kappa shape index (κ1) is 29.1. The van der Waals surface area contributed by atoms with E-state index in [9.17, 15) is 9.59 Å². The van der Waals surface area contributed by atoms with E-state index in [1.165, 1.54) is 19.3 Å². The molecule has 0 unspecified atom stereocenters. The Bertz CT molecular complexity index is 1060. The minimum absolute atomic E-state index is 0.0183. The number of hydrogen-bond donors (Lipinski definition) is 0. The number of carbonyl (C=O) groups is 2. The van der Waals surface area contributed by atoms with Crippen molar-refractivity contribution >= 4 is 17.5 Å². The lowest BCUT2D eigenvalue weighted by atomic mass is 10.1. The molecule has 0 radical (unpaired) electrons. The third-order valence-electron chi connectivity index (χ3n) is 7.83. The van der Waals surface area contributed by atoms with Gasteiger partial charge >= 0.3 is 0 Å². The van der Waals surface area contributed by atoms with Gasteiger partial charge in [0.25, 0.3) is 5.91 Å². The Labute approximate surface area is 235 Å². The van der Waals surface area contributed by atoms with Crippen molar-refractivity contribution in [2.75, 3.05) is 44.2 Å². The SMILES string of the molecule is CC(C)CC(=O)N1CCCCCCCCN(C(=O)c2cccc(OCCN3CCCC3)c2)Cc2ccccc21. The smallest absolute Gasteiger partial charge is 0.254 e. The summed E-state index contributed by atoms with van der Waals surface area (Å²) in [7, 11) is 0. The summed E-state index contributed by atoms with van der Waals surface area (Å²) in [4.78, 5) is 33.6. The fourth-order valence-corrected chi connectivity index (χ4v) is 5.68. The second-order valence-corrected chi connectivity index (χ2v) is 11.5. The third kappa shape index (κ3) is 8.82. The lowest BCUT2D eigenvalue weighted by Crippen LogP contribution is -2.35. The topological polar surface area (TPSA) is 53.1 Å². The predicted octanol–water partition coefficient (Wildman–Crippen LogP) is 6.54. The van der Waals surface area contributed by atoms with Gasteiger partial charge in [-0.25, -0.2) is 0 Å². The van der Waals surface area contributed by atoms with Crippen molar-refractivity contribution in [3.05, 3.63) is 59.7 Å². The molecule has 2 aromatic carbocycles. The molecular weight excluding hydrogens is 486 g/mol. The predicted molar refractivity (Wildman–Crippen MR) is 158 cm³/mol. The van der Waals surface area contributed by atoms with Crippen molar-refractivity contribution < 1.29 is 14.3 Å². The van der Waals surface area contributed by atoms with Gasteiger partial charge in [-0.3, -0.25) is 14.5 Å². The summed E-state index contributed by atoms with van der Waals surface area (Å²) in [5.74, 6) is 1.24. The first-order valence-corrected chi connectivity index (χ1v) is 15.1. The van der Waals surface area contributed by atoms with E-state index < -0.39 is 0 Å². The zero-order valence-electron chi connectivity index (χ0n) is 24.1. The molecule has 0 N–H and O–H groups in total. The van der Waals surface area contributed by atoms with Crippen molar-refractivity contribution in [3.63, 3.8) is 0 Å². The summed E-state index contributed by atoms with van der Waals surface area (Å²) < 4.78 is 6.04. The molecule has 2 amide bonds. The number of ether oxygens (including phenoxy) is 1. The van der Waals surface area contributed by atoms with Crippen molar-refractivity contribution in [1.82, 2.24) is 9.80 Å². The first-order chi connectivity index (χ1) is 19.0. The normalized spacial score (nSPS) is 17.7. The molecule has 0 aromatic heterocycles. The van der Waals surface area contributed by atoms with Gasteiger partial charge in [0.1, 0.15) is 12.4 Å². The second kappa shape index (κ2) is 15.1. The lowest BCUT2D eigenvalue weighted by molar-refractivity contribution is -0.119. The van der Waals surface area contributed by atoms with Gasteiger partial charge in [-0.2, -0.15) is 0 Å². The Balaban J connectivity index is 1.53. The highest BCUT2D eigenvalue weighted by Gasteiger charge is 2.23. The molecule has 212 valence electrons. The van der Waals surface area contributed by atoms with Crippen LogP contribution >= 0.6 is 0 Å². The third-order valence-corrected chi connectivity index (χ3v) is 7.83. The molecular formula is C33H47N3O3. The van der Waals surface area contributed by atoms with E-state index >= 15 is 0 Å². The second-order valence-electron chi connectivity index (χ2n) is 11.5. The number of fused-ring (bicyclic) bond motifs is 1. The summed E-state index contributed by atoms with van der Waals surface area (Å²) in [6.45, 7) is 9.96. The van der Waals surface area contributed by atoms with Gasteiger partial charge < -0.3 is 14.5 Å². The van der Waals surface area contributed by atoms with E-state index in [0.29, 0.717) is 37.6 Å². The van der Waals surface area contributed by atoms with Crippen LogP contribution in [0.2, 0.25) is 0 Å². The minimum atomic E-state index is 0.0183. The van der Waals surface area contributed by atoms with Crippen molar-refractivity contribution in [2.45, 2.75) is 78.2 Å². The highest BCUT2D eigenvalue weighted by molar-refractivity contribution is 5.96. The van der Waals surface area contributed by atoms with Crippen LogP contribution in [-0.4, -0.2) is 60.9 Å². The van der Waals surface area contributed by atoms with Gasteiger partial charge in [0.2, 0.25) is 5.91 Å². The van der Waals surface area contributed by atoms with E-state index in [0.717, 1.165) is 75.3 Å². The Kier molecular flexibility index (Phi) is 11.3. The fourth-order valence-electron chi connectivity index (χ4n) is 5.68. The maximum Gasteiger partial charge on any atom is 0.254 e. The van der Waals surface area contributed by atoms with Gasteiger partial charge in [-0.05, 0) is 74.5 Å². The van der Waals surface area contributed by atoms with Crippen molar-refractivity contribution in [1.29, 1.82) is 0 Å². The number of para-hydroxylation sites is 1. The van der Waals surface area contributed by atoms with Gasteiger partial charge in [0.05, 0.1) is 0 Å². The lowest BCUT2D eigenvalue weighted by Gasteiger charge is -2.29. The van der Waals surface area contributed by atoms with Crippen molar-refractivity contribution in [2.24, 2.45) is 5.92 Å². The van der Waals surface area contributed by atoms with Crippen LogP contribution in [0, 0.1) is 5.92 Å². The van der Waals surface area contributed by atoms with Crippen LogP contribution in [-0.2, 0) is 11.3 Å². The highest BCUT2D eigenvalue weighted by Crippen LogP contribution is 2.27. The van der Waals surface area contributed by atoms with Gasteiger partial charge in [-0.15, -0.1) is 0 Å². The standard InChI is InChI=1S/C33H47N3O3/c1-27(2)24-32(37)36-21-10-6-4-3-5-9-20-35(26-29-14-7-8-17-31(29)36)33(38)28-15-13-16-30(25-28)39-23-22-34-18-11-12-19-34/h7-8,13-17,25,27H,3-6,9-12,18-24,26H2,1-2H3. The molecule has 2 aliphatic rings. The summed E-state index contributed by atoms with van der Waals surface area (Å²) in [6, 6.07) is 15.8. The average molecular weight is 534 g/mol. The van der Waals surface area contributed by atoms with Gasteiger partial charge in [0, 0.05) is 43.9 Å². The highest BCUT2D eigenvalue weighted by atomic mass is 16.5. The molecule has 4 rings (SSSR count). The molecule has 1 fully saturated rings. The van der Waals surface area contributed by atoms with Crippen LogP contribution in [0.4, 0.5) is 5.69 Å². The van der Waals surface area contributed by atoms with E-state index in [1.54, 1.807) is 0 Å². The maximum absolute atomic E-state index is 13.9. The zero-order valence-corrected chi connectivity index (χ0v) is 24.1. The molecule has 0 aliphatic carbocycles. The number of hydrogen-bond acceptors (Lipinski definition) is 4. The quantitative estimate of drug-likeness (QED) is 0.406. The number of benzene rings is 2. The fraction of sp³-hybridized carbons (Fsp3) is 0.576. The van der Waals surface area contributed by atoms with E-state index in [-0.39, 0.29) is 11.8 Å². The molecule has 0 saturated carbocycles. The van der Waals surface area contributed by atoms with Crippen LogP contribution in [0.5, 0.6) is 5.75 Å². The van der Waals surface area contributed by atoms with Crippen molar-refractivity contribution in [3.8, 4) is 5.75 Å². The monoisotopic (exact) mass is 533 g/mol. The molecule has 1 saturated heterocycles. The van der Waals surface area contributed by atoms with Gasteiger partial charge in [-0.1, -0.05) is 63.8 Å². The molecule has 0 atom stereocenters. The first-order valence-electron chi connectivity index (χ1n) is 15.1. The largest absolute Gasteiger partial charge is 0.492 e. The number of amides is 2. The summed E-state index contributed by atoms with van der Waals surface area (Å²) in [5, 5.41) is 0. The summed E-state index contributed by atoms with van der Waals surface area (Å²) >= 11 is 0. The Morgan fingerprint density at radius 2 is 1.51 bits per heavy atom. The molecule has 2 heterocycles. The Hall–Kier alpha value is -2.86. The molecule has 6 nitrogen and oxygen atoms in total. The zero-order chi connectivity index (χ0) is 27.5. The molecule has 6 heteroatoms. The van der Waals surface area contributed by atoms with E-state index in [4.69, 9.17) is 4.74 Å². The Morgan fingerprint density at radius 3 is 2.28 bits per heavy atom. The molecule has 2 aromatic rings. The number of likely N-dealkylation sites (tertiary alicyclic amines) is 1. The van der Waals surface area contributed by atoms with Crippen LogP contribution in [0.1, 0.15) is 87.6 Å². The van der Waals surface area contributed by atoms with Crippen LogP contribution in [0.15, 0.2) is 48.5 Å². The number of carbonyl (C=O) groups excluding carboxylic acids is 2.